The van der Waals surface area contributed by atoms with Crippen LogP contribution in [0.15, 0.2) is 29.9 Å². The van der Waals surface area contributed by atoms with E-state index in [9.17, 15) is 14.7 Å². The van der Waals surface area contributed by atoms with Crippen molar-refractivity contribution in [2.75, 3.05) is 27.4 Å². The van der Waals surface area contributed by atoms with E-state index in [1.807, 2.05) is 12.1 Å². The molecule has 1 aromatic rings. The first kappa shape index (κ1) is 23.1. The van der Waals surface area contributed by atoms with Gasteiger partial charge in [0.15, 0.2) is 17.3 Å². The largest absolute Gasteiger partial charge is 0.493 e. The van der Waals surface area contributed by atoms with Gasteiger partial charge in [-0.1, -0.05) is 19.9 Å². The van der Waals surface area contributed by atoms with Crippen molar-refractivity contribution in [3.63, 3.8) is 0 Å². The molecule has 0 fully saturated rings. The Morgan fingerprint density at radius 2 is 1.97 bits per heavy atom. The highest BCUT2D eigenvalue weighted by atomic mass is 16.5. The van der Waals surface area contributed by atoms with Gasteiger partial charge >= 0.3 is 5.97 Å². The highest BCUT2D eigenvalue weighted by Crippen LogP contribution is 2.48. The van der Waals surface area contributed by atoms with Gasteiger partial charge in [-0.3, -0.25) is 4.79 Å². The van der Waals surface area contributed by atoms with Crippen molar-refractivity contribution in [1.29, 1.82) is 0 Å². The SMILES string of the molecule is COCCCOc1cc2c(cc1OC)/C1=C/C(=O)/C(C(=O)O)=C\CCC1[C@@H](C(C)C)C2. The Morgan fingerprint density at radius 3 is 2.61 bits per heavy atom. The summed E-state index contributed by atoms with van der Waals surface area (Å²) in [7, 11) is 3.26. The molecule has 1 unspecified atom stereocenters. The smallest absolute Gasteiger partial charge is 0.339 e. The summed E-state index contributed by atoms with van der Waals surface area (Å²) in [6.07, 6.45) is 6.16. The minimum Gasteiger partial charge on any atom is -0.493 e. The van der Waals surface area contributed by atoms with Crippen molar-refractivity contribution in [3.8, 4) is 11.5 Å². The van der Waals surface area contributed by atoms with Crippen molar-refractivity contribution >= 4 is 17.3 Å². The summed E-state index contributed by atoms with van der Waals surface area (Å²) in [6.45, 7) is 5.56. The number of fused-ring (bicyclic) bond motifs is 3. The quantitative estimate of drug-likeness (QED) is 0.491. The van der Waals surface area contributed by atoms with Gasteiger partial charge in [-0.15, -0.1) is 0 Å². The maximum absolute atomic E-state index is 12.8. The number of hydrogen-bond donors (Lipinski definition) is 1. The number of aliphatic carboxylic acids is 1. The van der Waals surface area contributed by atoms with Gasteiger partial charge < -0.3 is 19.3 Å². The Hall–Kier alpha value is -2.60. The lowest BCUT2D eigenvalue weighted by atomic mass is 9.66. The van der Waals surface area contributed by atoms with Crippen LogP contribution >= 0.6 is 0 Å². The van der Waals surface area contributed by atoms with E-state index in [-0.39, 0.29) is 11.5 Å². The van der Waals surface area contributed by atoms with Crippen molar-refractivity contribution < 1.29 is 28.9 Å². The summed E-state index contributed by atoms with van der Waals surface area (Å²) in [5, 5.41) is 9.43. The molecule has 0 amide bonds. The number of ketones is 1. The zero-order chi connectivity index (χ0) is 22.5. The maximum atomic E-state index is 12.8. The average Bonchev–Trinajstić information content (AvgIpc) is 2.72. The fraction of sp³-hybridized carbons (Fsp3) is 0.520. The van der Waals surface area contributed by atoms with Crippen molar-refractivity contribution in [1.82, 2.24) is 0 Å². The van der Waals surface area contributed by atoms with Gasteiger partial charge in [-0.2, -0.15) is 0 Å². The lowest BCUT2D eigenvalue weighted by molar-refractivity contribution is -0.134. The molecule has 2 aliphatic carbocycles. The molecule has 0 aliphatic heterocycles. The van der Waals surface area contributed by atoms with Crippen LogP contribution < -0.4 is 9.47 Å². The minimum absolute atomic E-state index is 0.149. The molecular formula is C25H32O6. The van der Waals surface area contributed by atoms with E-state index in [1.165, 1.54) is 6.08 Å². The van der Waals surface area contributed by atoms with E-state index in [0.717, 1.165) is 36.0 Å². The summed E-state index contributed by atoms with van der Waals surface area (Å²) in [5.41, 5.74) is 2.84. The van der Waals surface area contributed by atoms with Gasteiger partial charge in [-0.25, -0.2) is 4.79 Å². The lowest BCUT2D eigenvalue weighted by Gasteiger charge is -2.38. The van der Waals surface area contributed by atoms with Crippen LogP contribution in [0.5, 0.6) is 11.5 Å². The normalized spacial score (nSPS) is 24.1. The standard InChI is InChI=1S/C25H32O6/c1-15(2)19-11-16-12-24(31-10-6-9-29-3)23(30-4)14-20(16)21-13-22(26)18(25(27)28)8-5-7-17(19)21/h8,12-15,17,19H,5-7,9-11H2,1-4H3,(H,27,28)/b18-8+,21-13+/t17?,19-/m1/s1. The Labute approximate surface area is 183 Å². The number of carboxylic acid groups (broad SMARTS) is 1. The third-order valence-corrected chi connectivity index (χ3v) is 6.29. The summed E-state index contributed by atoms with van der Waals surface area (Å²) >= 11 is 0. The number of ether oxygens (including phenoxy) is 3. The maximum Gasteiger partial charge on any atom is 0.339 e. The molecule has 0 heterocycles. The van der Waals surface area contributed by atoms with E-state index in [1.54, 1.807) is 20.3 Å². The fourth-order valence-electron chi connectivity index (χ4n) is 4.70. The van der Waals surface area contributed by atoms with Gasteiger partial charge in [0.2, 0.25) is 0 Å². The number of carbonyl (C=O) groups excluding carboxylic acids is 1. The van der Waals surface area contributed by atoms with Crippen LogP contribution in [0, 0.1) is 17.8 Å². The molecule has 2 aliphatic rings. The predicted octanol–water partition coefficient (Wildman–Crippen LogP) is 4.31. The summed E-state index contributed by atoms with van der Waals surface area (Å²) in [6, 6.07) is 3.96. The van der Waals surface area contributed by atoms with Crippen LogP contribution in [-0.2, 0) is 20.7 Å². The summed E-state index contributed by atoms with van der Waals surface area (Å²) in [5.74, 6) is 0.662. The lowest BCUT2D eigenvalue weighted by Crippen LogP contribution is -2.30. The monoisotopic (exact) mass is 428 g/mol. The first-order valence-electron chi connectivity index (χ1n) is 10.9. The van der Waals surface area contributed by atoms with Crippen LogP contribution in [0.3, 0.4) is 0 Å². The minimum atomic E-state index is -1.17. The van der Waals surface area contributed by atoms with E-state index in [0.29, 0.717) is 43.0 Å². The molecule has 0 aromatic heterocycles. The summed E-state index contributed by atoms with van der Waals surface area (Å²) in [4.78, 5) is 24.3. The highest BCUT2D eigenvalue weighted by molar-refractivity contribution is 6.23. The van der Waals surface area contributed by atoms with Crippen LogP contribution in [-0.4, -0.2) is 44.3 Å². The molecule has 0 spiro atoms. The topological polar surface area (TPSA) is 82.1 Å². The molecule has 1 N–H and O–H groups in total. The van der Waals surface area contributed by atoms with E-state index < -0.39 is 11.8 Å². The number of rotatable bonds is 8. The number of carbonyl (C=O) groups is 2. The van der Waals surface area contributed by atoms with Crippen LogP contribution in [0.4, 0.5) is 0 Å². The Morgan fingerprint density at radius 1 is 1.19 bits per heavy atom. The number of allylic oxidation sites excluding steroid dienone is 3. The number of hydrogen-bond acceptors (Lipinski definition) is 5. The zero-order valence-electron chi connectivity index (χ0n) is 18.8. The predicted molar refractivity (Wildman–Crippen MR) is 118 cm³/mol. The molecule has 0 radical (unpaired) electrons. The molecule has 6 heteroatoms. The molecule has 2 atom stereocenters. The second kappa shape index (κ2) is 10.1. The summed E-state index contributed by atoms with van der Waals surface area (Å²) < 4.78 is 16.6. The number of benzene rings is 1. The van der Waals surface area contributed by atoms with E-state index >= 15 is 0 Å². The van der Waals surface area contributed by atoms with Crippen molar-refractivity contribution in [2.45, 2.75) is 39.5 Å². The third-order valence-electron chi connectivity index (χ3n) is 6.29. The number of methoxy groups -OCH3 is 2. The zero-order valence-corrected chi connectivity index (χ0v) is 18.8. The fourth-order valence-corrected chi connectivity index (χ4v) is 4.70. The molecule has 31 heavy (non-hydrogen) atoms. The third kappa shape index (κ3) is 5.01. The second-order valence-electron chi connectivity index (χ2n) is 8.54. The van der Waals surface area contributed by atoms with E-state index in [2.05, 4.69) is 13.8 Å². The van der Waals surface area contributed by atoms with Gasteiger partial charge in [0, 0.05) is 20.1 Å². The molecule has 0 saturated carbocycles. The van der Waals surface area contributed by atoms with E-state index in [4.69, 9.17) is 14.2 Å². The Kier molecular flexibility index (Phi) is 7.55. The Balaban J connectivity index is 2.06. The first-order valence-corrected chi connectivity index (χ1v) is 10.9. The average molecular weight is 429 g/mol. The molecule has 6 nitrogen and oxygen atoms in total. The molecule has 168 valence electrons. The van der Waals surface area contributed by atoms with Gasteiger partial charge in [0.25, 0.3) is 0 Å². The van der Waals surface area contributed by atoms with Crippen molar-refractivity contribution in [3.05, 3.63) is 41.0 Å². The molecule has 0 saturated heterocycles. The van der Waals surface area contributed by atoms with Crippen molar-refractivity contribution in [2.24, 2.45) is 17.8 Å². The molecule has 1 aromatic carbocycles. The second-order valence-corrected chi connectivity index (χ2v) is 8.54. The van der Waals surface area contributed by atoms with Crippen LogP contribution in [0.25, 0.3) is 5.57 Å². The Bertz CT molecular complexity index is 896. The van der Waals surface area contributed by atoms with Gasteiger partial charge in [0.05, 0.1) is 13.7 Å². The van der Waals surface area contributed by atoms with Gasteiger partial charge in [-0.05, 0) is 71.9 Å². The van der Waals surface area contributed by atoms with Crippen LogP contribution in [0.2, 0.25) is 0 Å². The number of carboxylic acids is 1. The van der Waals surface area contributed by atoms with Crippen LogP contribution in [0.1, 0.15) is 44.2 Å². The molecule has 0 bridgehead atoms. The first-order chi connectivity index (χ1) is 14.9. The molecular weight excluding hydrogens is 396 g/mol. The molecule has 3 rings (SSSR count). The highest BCUT2D eigenvalue weighted by Gasteiger charge is 2.36. The van der Waals surface area contributed by atoms with Gasteiger partial charge in [0.1, 0.15) is 5.57 Å².